The molecule has 0 aromatic heterocycles. The molecule has 0 aliphatic heterocycles. The SMILES string of the molecule is CCNC(=O)C(C)Oc1cc(F)ccc1C(C)N. The summed E-state index contributed by atoms with van der Waals surface area (Å²) in [4.78, 5) is 11.6. The minimum atomic E-state index is -0.691. The van der Waals surface area contributed by atoms with Crippen LogP contribution in [-0.2, 0) is 4.79 Å². The van der Waals surface area contributed by atoms with Crippen LogP contribution in [0.15, 0.2) is 18.2 Å². The Balaban J connectivity index is 2.88. The maximum Gasteiger partial charge on any atom is 0.260 e. The predicted molar refractivity (Wildman–Crippen MR) is 67.8 cm³/mol. The fourth-order valence-corrected chi connectivity index (χ4v) is 1.55. The molecule has 18 heavy (non-hydrogen) atoms. The third kappa shape index (κ3) is 3.70. The lowest BCUT2D eigenvalue weighted by molar-refractivity contribution is -0.127. The smallest absolute Gasteiger partial charge is 0.260 e. The monoisotopic (exact) mass is 254 g/mol. The van der Waals surface area contributed by atoms with Gasteiger partial charge in [-0.05, 0) is 26.8 Å². The van der Waals surface area contributed by atoms with Gasteiger partial charge in [0.1, 0.15) is 11.6 Å². The number of likely N-dealkylation sites (N-methyl/N-ethyl adjacent to an activating group) is 1. The molecule has 100 valence electrons. The first-order chi connectivity index (χ1) is 8.45. The van der Waals surface area contributed by atoms with Gasteiger partial charge in [-0.1, -0.05) is 6.07 Å². The van der Waals surface area contributed by atoms with E-state index in [1.807, 2.05) is 6.92 Å². The van der Waals surface area contributed by atoms with Gasteiger partial charge in [0.05, 0.1) is 0 Å². The highest BCUT2D eigenvalue weighted by Crippen LogP contribution is 2.25. The first-order valence-electron chi connectivity index (χ1n) is 5.95. The lowest BCUT2D eigenvalue weighted by atomic mass is 10.1. The summed E-state index contributed by atoms with van der Waals surface area (Å²) in [5.41, 5.74) is 6.45. The molecule has 0 aliphatic carbocycles. The van der Waals surface area contributed by atoms with Crippen molar-refractivity contribution in [1.82, 2.24) is 5.32 Å². The number of ether oxygens (including phenoxy) is 1. The minimum absolute atomic E-state index is 0.239. The van der Waals surface area contributed by atoms with E-state index in [0.717, 1.165) is 0 Å². The van der Waals surface area contributed by atoms with Crippen LogP contribution in [-0.4, -0.2) is 18.6 Å². The van der Waals surface area contributed by atoms with Crippen LogP contribution in [0.3, 0.4) is 0 Å². The summed E-state index contributed by atoms with van der Waals surface area (Å²) in [5.74, 6) is -0.348. The molecule has 0 bridgehead atoms. The lowest BCUT2D eigenvalue weighted by Gasteiger charge is -2.18. The lowest BCUT2D eigenvalue weighted by Crippen LogP contribution is -2.36. The van der Waals surface area contributed by atoms with Crippen LogP contribution >= 0.6 is 0 Å². The molecule has 5 heteroatoms. The molecule has 0 aliphatic rings. The third-order valence-electron chi connectivity index (χ3n) is 2.49. The fourth-order valence-electron chi connectivity index (χ4n) is 1.55. The zero-order chi connectivity index (χ0) is 13.7. The van der Waals surface area contributed by atoms with Gasteiger partial charge in [-0.2, -0.15) is 0 Å². The van der Waals surface area contributed by atoms with Gasteiger partial charge < -0.3 is 15.8 Å². The van der Waals surface area contributed by atoms with Crippen molar-refractivity contribution < 1.29 is 13.9 Å². The molecule has 0 spiro atoms. The van der Waals surface area contributed by atoms with E-state index >= 15 is 0 Å². The standard InChI is InChI=1S/C13H19FN2O2/c1-4-16-13(17)9(3)18-12-7-10(14)5-6-11(12)8(2)15/h5-9H,4,15H2,1-3H3,(H,16,17). The van der Waals surface area contributed by atoms with Gasteiger partial charge in [0.15, 0.2) is 6.10 Å². The van der Waals surface area contributed by atoms with E-state index in [2.05, 4.69) is 5.32 Å². The molecule has 2 unspecified atom stereocenters. The van der Waals surface area contributed by atoms with Gasteiger partial charge in [-0.3, -0.25) is 4.79 Å². The molecule has 3 N–H and O–H groups in total. The second-order valence-corrected chi connectivity index (χ2v) is 4.13. The van der Waals surface area contributed by atoms with Crippen molar-refractivity contribution in [2.75, 3.05) is 6.54 Å². The summed E-state index contributed by atoms with van der Waals surface area (Å²) < 4.78 is 18.7. The molecule has 1 aromatic carbocycles. The summed E-state index contributed by atoms with van der Waals surface area (Å²) in [5, 5.41) is 2.64. The van der Waals surface area contributed by atoms with Crippen molar-refractivity contribution in [1.29, 1.82) is 0 Å². The van der Waals surface area contributed by atoms with E-state index in [1.54, 1.807) is 19.9 Å². The highest BCUT2D eigenvalue weighted by molar-refractivity contribution is 5.80. The van der Waals surface area contributed by atoms with Gasteiger partial charge >= 0.3 is 0 Å². The summed E-state index contributed by atoms with van der Waals surface area (Å²) in [7, 11) is 0. The minimum Gasteiger partial charge on any atom is -0.480 e. The Hall–Kier alpha value is -1.62. The number of hydrogen-bond acceptors (Lipinski definition) is 3. The molecular weight excluding hydrogens is 235 g/mol. The van der Waals surface area contributed by atoms with Gasteiger partial charge in [0.25, 0.3) is 5.91 Å². The first kappa shape index (κ1) is 14.4. The Morgan fingerprint density at radius 1 is 1.50 bits per heavy atom. The van der Waals surface area contributed by atoms with Gasteiger partial charge in [0, 0.05) is 24.2 Å². The predicted octanol–water partition coefficient (Wildman–Crippen LogP) is 1.75. The van der Waals surface area contributed by atoms with E-state index in [1.165, 1.54) is 12.1 Å². The second-order valence-electron chi connectivity index (χ2n) is 4.13. The van der Waals surface area contributed by atoms with Crippen LogP contribution in [0.4, 0.5) is 4.39 Å². The maximum atomic E-state index is 13.2. The zero-order valence-electron chi connectivity index (χ0n) is 10.9. The van der Waals surface area contributed by atoms with Crippen LogP contribution in [0.5, 0.6) is 5.75 Å². The Bertz CT molecular complexity index is 421. The summed E-state index contributed by atoms with van der Waals surface area (Å²) in [6, 6.07) is 3.85. The number of benzene rings is 1. The number of halogens is 1. The highest BCUT2D eigenvalue weighted by atomic mass is 19.1. The Labute approximate surface area is 106 Å². The zero-order valence-corrected chi connectivity index (χ0v) is 10.9. The van der Waals surface area contributed by atoms with Crippen molar-refractivity contribution in [3.8, 4) is 5.75 Å². The van der Waals surface area contributed by atoms with E-state index in [-0.39, 0.29) is 11.9 Å². The topological polar surface area (TPSA) is 64.3 Å². The summed E-state index contributed by atoms with van der Waals surface area (Å²) in [6.45, 7) is 5.73. The normalized spacial score (nSPS) is 13.8. The molecule has 1 amide bonds. The summed E-state index contributed by atoms with van der Waals surface area (Å²) >= 11 is 0. The third-order valence-corrected chi connectivity index (χ3v) is 2.49. The van der Waals surface area contributed by atoms with Gasteiger partial charge in [-0.15, -0.1) is 0 Å². The molecule has 1 aromatic rings. The van der Waals surface area contributed by atoms with E-state index in [9.17, 15) is 9.18 Å². The Morgan fingerprint density at radius 3 is 2.72 bits per heavy atom. The average Bonchev–Trinajstić information content (AvgIpc) is 2.28. The summed E-state index contributed by atoms with van der Waals surface area (Å²) in [6.07, 6.45) is -0.691. The molecule has 0 heterocycles. The van der Waals surface area contributed by atoms with Crippen LogP contribution in [0.25, 0.3) is 0 Å². The van der Waals surface area contributed by atoms with Crippen molar-refractivity contribution in [3.05, 3.63) is 29.6 Å². The van der Waals surface area contributed by atoms with Gasteiger partial charge in [-0.25, -0.2) is 4.39 Å². The number of amides is 1. The Morgan fingerprint density at radius 2 is 2.17 bits per heavy atom. The van der Waals surface area contributed by atoms with Crippen molar-refractivity contribution >= 4 is 5.91 Å². The number of carbonyl (C=O) groups excluding carboxylic acids is 1. The number of hydrogen-bond donors (Lipinski definition) is 2. The molecule has 2 atom stereocenters. The quantitative estimate of drug-likeness (QED) is 0.841. The number of nitrogens with one attached hydrogen (secondary N) is 1. The molecule has 0 fully saturated rings. The second kappa shape index (κ2) is 6.35. The van der Waals surface area contributed by atoms with Crippen LogP contribution in [0, 0.1) is 5.82 Å². The average molecular weight is 254 g/mol. The van der Waals surface area contributed by atoms with E-state index in [0.29, 0.717) is 17.9 Å². The molecule has 1 rings (SSSR count). The maximum absolute atomic E-state index is 13.2. The van der Waals surface area contributed by atoms with Crippen molar-refractivity contribution in [2.45, 2.75) is 32.9 Å². The van der Waals surface area contributed by atoms with Crippen LogP contribution < -0.4 is 15.8 Å². The number of rotatable bonds is 5. The molecular formula is C13H19FN2O2. The van der Waals surface area contributed by atoms with Gasteiger partial charge in [0.2, 0.25) is 0 Å². The number of carbonyl (C=O) groups is 1. The molecule has 0 radical (unpaired) electrons. The molecule has 0 saturated carbocycles. The van der Waals surface area contributed by atoms with Crippen LogP contribution in [0.2, 0.25) is 0 Å². The first-order valence-corrected chi connectivity index (χ1v) is 5.95. The van der Waals surface area contributed by atoms with E-state index < -0.39 is 11.9 Å². The Kier molecular flexibility index (Phi) is 5.09. The van der Waals surface area contributed by atoms with Crippen molar-refractivity contribution in [2.24, 2.45) is 5.73 Å². The number of nitrogens with two attached hydrogens (primary N) is 1. The fraction of sp³-hybridized carbons (Fsp3) is 0.462. The van der Waals surface area contributed by atoms with E-state index in [4.69, 9.17) is 10.5 Å². The highest BCUT2D eigenvalue weighted by Gasteiger charge is 2.17. The largest absolute Gasteiger partial charge is 0.480 e. The molecule has 4 nitrogen and oxygen atoms in total. The molecule has 0 saturated heterocycles. The van der Waals surface area contributed by atoms with Crippen LogP contribution in [0.1, 0.15) is 32.4 Å². The van der Waals surface area contributed by atoms with Crippen molar-refractivity contribution in [3.63, 3.8) is 0 Å².